The Bertz CT molecular complexity index is 3130. The average molecular weight is 744 g/mol. The third-order valence-corrected chi connectivity index (χ3v) is 11.8. The monoisotopic (exact) mass is 743 g/mol. The predicted molar refractivity (Wildman–Crippen MR) is 237 cm³/mol. The Morgan fingerprint density at radius 3 is 1.62 bits per heavy atom. The lowest BCUT2D eigenvalue weighted by molar-refractivity contribution is 0.660. The smallest absolute Gasteiger partial charge is 0.164 e. The van der Waals surface area contributed by atoms with E-state index in [4.69, 9.17) is 19.4 Å². The lowest BCUT2D eigenvalue weighted by atomic mass is 9.81. The molecule has 0 N–H and O–H groups in total. The zero-order valence-electron chi connectivity index (χ0n) is 32.1. The van der Waals surface area contributed by atoms with Gasteiger partial charge in [-0.2, -0.15) is 0 Å². The SMILES string of the molecule is CC1(C)c2ccccc2-c2ccc(-c3ccc(-c4ccc5oc6cccc(-c7nc(-c8ccccc8)nc(-c8ccccc8)n7)c6c5c4)cc3-c3ccccc3)cc21. The summed E-state index contributed by atoms with van der Waals surface area (Å²) in [5.74, 6) is 1.85. The molecule has 0 bridgehead atoms. The van der Waals surface area contributed by atoms with Crippen LogP contribution in [0.3, 0.4) is 0 Å². The van der Waals surface area contributed by atoms with Gasteiger partial charge in [-0.25, -0.2) is 15.0 Å². The third-order valence-electron chi connectivity index (χ3n) is 11.8. The van der Waals surface area contributed by atoms with Crippen LogP contribution in [0.5, 0.6) is 0 Å². The molecule has 0 atom stereocenters. The van der Waals surface area contributed by atoms with E-state index in [1.165, 1.54) is 44.5 Å². The minimum absolute atomic E-state index is 0.0794. The molecule has 0 saturated carbocycles. The number of fused-ring (bicyclic) bond motifs is 6. The molecule has 0 aliphatic heterocycles. The quantitative estimate of drug-likeness (QED) is 0.170. The molecule has 0 saturated heterocycles. The highest BCUT2D eigenvalue weighted by atomic mass is 16.3. The Labute approximate surface area is 337 Å². The summed E-state index contributed by atoms with van der Waals surface area (Å²) in [5, 5.41) is 1.99. The molecule has 11 rings (SSSR count). The summed E-state index contributed by atoms with van der Waals surface area (Å²) < 4.78 is 6.51. The van der Waals surface area contributed by atoms with E-state index >= 15 is 0 Å². The molecule has 274 valence electrons. The van der Waals surface area contributed by atoms with Crippen LogP contribution in [-0.2, 0) is 5.41 Å². The molecule has 2 heterocycles. The average Bonchev–Trinajstić information content (AvgIpc) is 3.78. The molecule has 10 aromatic rings. The second-order valence-corrected chi connectivity index (χ2v) is 15.6. The standard InChI is InChI=1S/C54H37N3O/c1-54(2)46-23-13-12-21-41(46)42-29-26-39(33-47(42)54)40-28-25-37(31-44(40)34-15-6-3-7-16-34)38-27-30-48-45(32-38)50-43(22-14-24-49(50)58-48)53-56-51(35-17-8-4-9-18-35)55-52(57-53)36-19-10-5-11-20-36/h3-33H,1-2H3. The highest BCUT2D eigenvalue weighted by Gasteiger charge is 2.35. The van der Waals surface area contributed by atoms with Crippen molar-refractivity contribution in [3.63, 3.8) is 0 Å². The molecular weight excluding hydrogens is 707 g/mol. The molecular formula is C54H37N3O. The fourth-order valence-electron chi connectivity index (χ4n) is 8.83. The largest absolute Gasteiger partial charge is 0.456 e. The Hall–Kier alpha value is -7.43. The van der Waals surface area contributed by atoms with E-state index < -0.39 is 0 Å². The van der Waals surface area contributed by atoms with Gasteiger partial charge in [0.25, 0.3) is 0 Å². The van der Waals surface area contributed by atoms with E-state index in [9.17, 15) is 0 Å². The highest BCUT2D eigenvalue weighted by molar-refractivity contribution is 6.13. The molecule has 58 heavy (non-hydrogen) atoms. The molecule has 1 aliphatic carbocycles. The van der Waals surface area contributed by atoms with Crippen LogP contribution in [0.1, 0.15) is 25.0 Å². The summed E-state index contributed by atoms with van der Waals surface area (Å²) >= 11 is 0. The minimum Gasteiger partial charge on any atom is -0.456 e. The molecule has 4 nitrogen and oxygen atoms in total. The number of aromatic nitrogens is 3. The van der Waals surface area contributed by atoms with Gasteiger partial charge >= 0.3 is 0 Å². The summed E-state index contributed by atoms with van der Waals surface area (Å²) in [6, 6.07) is 66.2. The van der Waals surface area contributed by atoms with E-state index in [-0.39, 0.29) is 5.41 Å². The second-order valence-electron chi connectivity index (χ2n) is 15.6. The second kappa shape index (κ2) is 13.4. The molecule has 0 unspecified atom stereocenters. The Balaban J connectivity index is 1.06. The van der Waals surface area contributed by atoms with E-state index in [1.807, 2.05) is 72.8 Å². The maximum absolute atomic E-state index is 6.51. The number of hydrogen-bond acceptors (Lipinski definition) is 4. The maximum Gasteiger partial charge on any atom is 0.164 e. The molecule has 4 heteroatoms. The van der Waals surface area contributed by atoms with Crippen molar-refractivity contribution >= 4 is 21.9 Å². The van der Waals surface area contributed by atoms with Crippen LogP contribution in [0.2, 0.25) is 0 Å². The summed E-state index contributed by atoms with van der Waals surface area (Å²) in [7, 11) is 0. The maximum atomic E-state index is 6.51. The first kappa shape index (κ1) is 33.9. The van der Waals surface area contributed by atoms with Gasteiger partial charge < -0.3 is 4.42 Å². The zero-order chi connectivity index (χ0) is 38.8. The van der Waals surface area contributed by atoms with E-state index in [2.05, 4.69) is 129 Å². The Kier molecular flexibility index (Phi) is 7.80. The molecule has 2 aromatic heterocycles. The predicted octanol–water partition coefficient (Wildman–Crippen LogP) is 14.1. The van der Waals surface area contributed by atoms with Gasteiger partial charge in [-0.3, -0.25) is 0 Å². The van der Waals surface area contributed by atoms with Crippen LogP contribution >= 0.6 is 0 Å². The van der Waals surface area contributed by atoms with Gasteiger partial charge in [0.2, 0.25) is 0 Å². The summed E-state index contributed by atoms with van der Waals surface area (Å²) in [4.78, 5) is 15.1. The summed E-state index contributed by atoms with van der Waals surface area (Å²) in [6.07, 6.45) is 0. The Morgan fingerprint density at radius 2 is 0.897 bits per heavy atom. The molecule has 0 spiro atoms. The molecule has 8 aromatic carbocycles. The third kappa shape index (κ3) is 5.56. The summed E-state index contributed by atoms with van der Waals surface area (Å²) in [5.41, 5.74) is 16.7. The lowest BCUT2D eigenvalue weighted by Crippen LogP contribution is -2.14. The van der Waals surface area contributed by atoms with Crippen molar-refractivity contribution in [3.05, 3.63) is 199 Å². The zero-order valence-corrected chi connectivity index (χ0v) is 32.1. The van der Waals surface area contributed by atoms with Crippen molar-refractivity contribution in [2.45, 2.75) is 19.3 Å². The minimum atomic E-state index is -0.0794. The van der Waals surface area contributed by atoms with Crippen LogP contribution in [0.4, 0.5) is 0 Å². The van der Waals surface area contributed by atoms with Gasteiger partial charge in [-0.05, 0) is 86.0 Å². The van der Waals surface area contributed by atoms with Gasteiger partial charge in [0.15, 0.2) is 17.5 Å². The van der Waals surface area contributed by atoms with Crippen LogP contribution in [-0.4, -0.2) is 15.0 Å². The van der Waals surface area contributed by atoms with E-state index in [1.54, 1.807) is 0 Å². The number of nitrogens with zero attached hydrogens (tertiary/aromatic N) is 3. The van der Waals surface area contributed by atoms with Crippen molar-refractivity contribution in [1.82, 2.24) is 15.0 Å². The van der Waals surface area contributed by atoms with E-state index in [0.29, 0.717) is 17.5 Å². The first-order valence-electron chi connectivity index (χ1n) is 19.8. The molecule has 0 fully saturated rings. The topological polar surface area (TPSA) is 51.8 Å². The van der Waals surface area contributed by atoms with Crippen molar-refractivity contribution in [2.75, 3.05) is 0 Å². The molecule has 0 radical (unpaired) electrons. The fraction of sp³-hybridized carbons (Fsp3) is 0.0556. The number of furan rings is 1. The first-order valence-corrected chi connectivity index (χ1v) is 19.8. The first-order chi connectivity index (χ1) is 28.5. The van der Waals surface area contributed by atoms with Crippen molar-refractivity contribution < 1.29 is 4.42 Å². The van der Waals surface area contributed by atoms with Crippen LogP contribution in [0, 0.1) is 0 Å². The van der Waals surface area contributed by atoms with Crippen molar-refractivity contribution in [2.24, 2.45) is 0 Å². The highest BCUT2D eigenvalue weighted by Crippen LogP contribution is 2.50. The van der Waals surface area contributed by atoms with Gasteiger partial charge in [-0.15, -0.1) is 0 Å². The van der Waals surface area contributed by atoms with Gasteiger partial charge in [-0.1, -0.05) is 172 Å². The van der Waals surface area contributed by atoms with Gasteiger partial charge in [0.1, 0.15) is 11.2 Å². The van der Waals surface area contributed by atoms with Gasteiger partial charge in [0.05, 0.1) is 0 Å². The number of rotatable bonds is 6. The summed E-state index contributed by atoms with van der Waals surface area (Å²) in [6.45, 7) is 4.68. The van der Waals surface area contributed by atoms with E-state index in [0.717, 1.165) is 49.8 Å². The van der Waals surface area contributed by atoms with Crippen LogP contribution in [0.15, 0.2) is 192 Å². The van der Waals surface area contributed by atoms with Crippen LogP contribution < -0.4 is 0 Å². The van der Waals surface area contributed by atoms with Crippen LogP contribution in [0.25, 0.3) is 101 Å². The Morgan fingerprint density at radius 1 is 0.345 bits per heavy atom. The fourth-order valence-corrected chi connectivity index (χ4v) is 8.83. The molecule has 1 aliphatic rings. The van der Waals surface area contributed by atoms with Crippen molar-refractivity contribution in [1.29, 1.82) is 0 Å². The lowest BCUT2D eigenvalue weighted by Gasteiger charge is -2.22. The molecule has 0 amide bonds. The number of benzene rings is 8. The number of hydrogen-bond donors (Lipinski definition) is 0. The van der Waals surface area contributed by atoms with Gasteiger partial charge in [0, 0.05) is 32.9 Å². The van der Waals surface area contributed by atoms with Crippen molar-refractivity contribution in [3.8, 4) is 78.7 Å². The normalized spacial score (nSPS) is 12.8.